The Hall–Kier alpha value is -1.09. The van der Waals surface area contributed by atoms with Crippen LogP contribution in [-0.2, 0) is 9.53 Å². The Morgan fingerprint density at radius 3 is 2.40 bits per heavy atom. The van der Waals surface area contributed by atoms with E-state index in [0.717, 1.165) is 5.57 Å². The quantitative estimate of drug-likeness (QED) is 0.560. The van der Waals surface area contributed by atoms with Crippen molar-refractivity contribution in [1.29, 1.82) is 0 Å². The van der Waals surface area contributed by atoms with E-state index < -0.39 is 5.60 Å². The first-order chi connectivity index (χ1) is 6.72. The van der Waals surface area contributed by atoms with Gasteiger partial charge >= 0.3 is 5.97 Å². The highest BCUT2D eigenvalue weighted by molar-refractivity contribution is 5.65. The molecule has 1 atom stereocenters. The highest BCUT2D eigenvalue weighted by Crippen LogP contribution is 2.13. The van der Waals surface area contributed by atoms with E-state index >= 15 is 0 Å². The van der Waals surface area contributed by atoms with Crippen LogP contribution in [0.25, 0.3) is 0 Å². The van der Waals surface area contributed by atoms with Gasteiger partial charge in [-0.05, 0) is 20.8 Å². The molecule has 0 bridgehead atoms. The number of carbonyl (C=O) groups excluding carboxylic acids is 1. The summed E-state index contributed by atoms with van der Waals surface area (Å²) in [6.07, 6.45) is 3.49. The zero-order valence-corrected chi connectivity index (χ0v) is 9.91. The lowest BCUT2D eigenvalue weighted by Gasteiger charge is -2.15. The van der Waals surface area contributed by atoms with Crippen LogP contribution in [-0.4, -0.2) is 23.3 Å². The maximum atomic E-state index is 10.6. The van der Waals surface area contributed by atoms with Crippen LogP contribution in [0.15, 0.2) is 24.3 Å². The molecular formula is C12H20O3. The fourth-order valence-electron chi connectivity index (χ4n) is 0.921. The van der Waals surface area contributed by atoms with Crippen molar-refractivity contribution in [2.75, 3.05) is 6.61 Å². The molecule has 0 aromatic heterocycles. The monoisotopic (exact) mass is 212 g/mol. The lowest BCUT2D eigenvalue weighted by Crippen LogP contribution is -2.16. The predicted molar refractivity (Wildman–Crippen MR) is 60.4 cm³/mol. The van der Waals surface area contributed by atoms with Crippen molar-refractivity contribution in [3.63, 3.8) is 0 Å². The maximum absolute atomic E-state index is 10.6. The molecule has 0 aliphatic rings. The minimum absolute atomic E-state index is 0.0414. The third kappa shape index (κ3) is 7.94. The van der Waals surface area contributed by atoms with Crippen LogP contribution in [0.4, 0.5) is 0 Å². The topological polar surface area (TPSA) is 46.5 Å². The number of hydrogen-bond acceptors (Lipinski definition) is 3. The molecule has 0 heterocycles. The van der Waals surface area contributed by atoms with Crippen molar-refractivity contribution in [3.05, 3.63) is 24.3 Å². The van der Waals surface area contributed by atoms with E-state index in [1.807, 2.05) is 13.0 Å². The Morgan fingerprint density at radius 2 is 2.07 bits per heavy atom. The van der Waals surface area contributed by atoms with E-state index in [1.54, 1.807) is 19.9 Å². The van der Waals surface area contributed by atoms with Gasteiger partial charge in [-0.25, -0.2) is 0 Å². The first-order valence-electron chi connectivity index (χ1n) is 4.93. The third-order valence-electron chi connectivity index (χ3n) is 1.84. The molecule has 0 amide bonds. The zero-order valence-electron chi connectivity index (χ0n) is 9.91. The van der Waals surface area contributed by atoms with E-state index in [-0.39, 0.29) is 18.5 Å². The molecule has 0 saturated heterocycles. The lowest BCUT2D eigenvalue weighted by molar-refractivity contribution is -0.141. The van der Waals surface area contributed by atoms with Crippen molar-refractivity contribution in [2.45, 2.75) is 33.3 Å². The van der Waals surface area contributed by atoms with Gasteiger partial charge in [0.05, 0.1) is 5.60 Å². The predicted octanol–water partition coefficient (Wildman–Crippen LogP) is 2.07. The van der Waals surface area contributed by atoms with Gasteiger partial charge < -0.3 is 9.84 Å². The lowest BCUT2D eigenvalue weighted by atomic mass is 9.99. The second kappa shape index (κ2) is 5.71. The summed E-state index contributed by atoms with van der Waals surface area (Å²) >= 11 is 0. The number of aliphatic hydroxyl groups is 1. The van der Waals surface area contributed by atoms with Crippen LogP contribution in [0, 0.1) is 5.92 Å². The van der Waals surface area contributed by atoms with Gasteiger partial charge in [-0.1, -0.05) is 24.3 Å². The van der Waals surface area contributed by atoms with E-state index in [0.29, 0.717) is 0 Å². The molecule has 0 unspecified atom stereocenters. The largest absolute Gasteiger partial charge is 0.465 e. The first kappa shape index (κ1) is 13.9. The number of rotatable bonds is 5. The summed E-state index contributed by atoms with van der Waals surface area (Å²) in [7, 11) is 0. The molecule has 3 heteroatoms. The first-order valence-corrected chi connectivity index (χ1v) is 4.93. The second-order valence-corrected chi connectivity index (χ2v) is 4.27. The van der Waals surface area contributed by atoms with Gasteiger partial charge in [-0.3, -0.25) is 4.79 Å². The Labute approximate surface area is 91.4 Å². The molecule has 0 fully saturated rings. The normalized spacial score (nSPS) is 13.9. The fraction of sp³-hybridized carbons (Fsp3) is 0.583. The van der Waals surface area contributed by atoms with Gasteiger partial charge in [0.15, 0.2) is 0 Å². The van der Waals surface area contributed by atoms with Gasteiger partial charge in [0, 0.05) is 12.8 Å². The van der Waals surface area contributed by atoms with Crippen molar-refractivity contribution in [3.8, 4) is 0 Å². The Kier molecular flexibility index (Phi) is 5.29. The van der Waals surface area contributed by atoms with Crippen LogP contribution >= 0.6 is 0 Å². The minimum atomic E-state index is -0.857. The molecule has 0 aromatic carbocycles. The van der Waals surface area contributed by atoms with Crippen molar-refractivity contribution in [2.24, 2.45) is 5.92 Å². The summed E-state index contributed by atoms with van der Waals surface area (Å²) < 4.78 is 4.90. The van der Waals surface area contributed by atoms with E-state index in [2.05, 4.69) is 6.58 Å². The van der Waals surface area contributed by atoms with E-state index in [4.69, 9.17) is 4.74 Å². The van der Waals surface area contributed by atoms with E-state index in [1.165, 1.54) is 6.92 Å². The number of esters is 1. The molecule has 0 aliphatic heterocycles. The van der Waals surface area contributed by atoms with Crippen molar-refractivity contribution < 1.29 is 14.6 Å². The van der Waals surface area contributed by atoms with E-state index in [9.17, 15) is 9.90 Å². The molecule has 0 rings (SSSR count). The molecule has 0 radical (unpaired) electrons. The standard InChI is InChI=1S/C12H20O3/c1-9(2)11(8-15-10(3)13)6-7-12(4,5)14/h6-7,11,14H,1,8H2,2-5H3/b7-6+/t11-/m1/s1. The van der Waals surface area contributed by atoms with Gasteiger partial charge in [-0.15, -0.1) is 0 Å². The van der Waals surface area contributed by atoms with Crippen LogP contribution in [0.5, 0.6) is 0 Å². The van der Waals surface area contributed by atoms with Gasteiger partial charge in [0.25, 0.3) is 0 Å². The summed E-state index contributed by atoms with van der Waals surface area (Å²) in [5, 5.41) is 9.50. The van der Waals surface area contributed by atoms with Crippen molar-refractivity contribution >= 4 is 5.97 Å². The Balaban J connectivity index is 4.35. The molecule has 3 nitrogen and oxygen atoms in total. The molecule has 1 N–H and O–H groups in total. The third-order valence-corrected chi connectivity index (χ3v) is 1.84. The summed E-state index contributed by atoms with van der Waals surface area (Å²) in [6.45, 7) is 10.7. The Bertz CT molecular complexity index is 259. The molecule has 0 aromatic rings. The smallest absolute Gasteiger partial charge is 0.302 e. The van der Waals surface area contributed by atoms with Crippen LogP contribution in [0.1, 0.15) is 27.7 Å². The van der Waals surface area contributed by atoms with Crippen LogP contribution in [0.2, 0.25) is 0 Å². The zero-order chi connectivity index (χ0) is 12.1. The Morgan fingerprint density at radius 1 is 1.53 bits per heavy atom. The SMILES string of the molecule is C=C(C)[C@H](/C=C/C(C)(C)O)COC(C)=O. The molecule has 86 valence electrons. The fourth-order valence-corrected chi connectivity index (χ4v) is 0.921. The van der Waals surface area contributed by atoms with Crippen LogP contribution in [0.3, 0.4) is 0 Å². The average molecular weight is 212 g/mol. The molecule has 0 saturated carbocycles. The maximum Gasteiger partial charge on any atom is 0.302 e. The highest BCUT2D eigenvalue weighted by atomic mass is 16.5. The summed E-state index contributed by atoms with van der Waals surface area (Å²) in [5.41, 5.74) is 0.0425. The van der Waals surface area contributed by atoms with Crippen LogP contribution < -0.4 is 0 Å². The number of carbonyl (C=O) groups is 1. The molecular weight excluding hydrogens is 192 g/mol. The minimum Gasteiger partial charge on any atom is -0.465 e. The van der Waals surface area contributed by atoms with Gasteiger partial charge in [0.2, 0.25) is 0 Å². The molecule has 0 spiro atoms. The van der Waals surface area contributed by atoms with Crippen molar-refractivity contribution in [1.82, 2.24) is 0 Å². The average Bonchev–Trinajstić information content (AvgIpc) is 2.00. The summed E-state index contributed by atoms with van der Waals surface area (Å²) in [6, 6.07) is 0. The molecule has 0 aliphatic carbocycles. The summed E-state index contributed by atoms with van der Waals surface area (Å²) in [5.74, 6) is -0.349. The van der Waals surface area contributed by atoms with Gasteiger partial charge in [0.1, 0.15) is 6.61 Å². The molecule has 15 heavy (non-hydrogen) atoms. The highest BCUT2D eigenvalue weighted by Gasteiger charge is 2.11. The van der Waals surface area contributed by atoms with Gasteiger partial charge in [-0.2, -0.15) is 0 Å². The number of ether oxygens (including phenoxy) is 1. The number of hydrogen-bond donors (Lipinski definition) is 1. The second-order valence-electron chi connectivity index (χ2n) is 4.27. The summed E-state index contributed by atoms with van der Waals surface area (Å²) in [4.78, 5) is 10.6.